The van der Waals surface area contributed by atoms with E-state index in [1.165, 1.54) is 6.07 Å². The van der Waals surface area contributed by atoms with Crippen molar-refractivity contribution in [3.05, 3.63) is 73.0 Å². The van der Waals surface area contributed by atoms with E-state index < -0.39 is 26.8 Å². The second kappa shape index (κ2) is 5.30. The molecule has 0 fully saturated rings. The van der Waals surface area contributed by atoms with Gasteiger partial charge in [-0.15, -0.1) is 0 Å². The smallest absolute Gasteiger partial charge is 0.287 e. The Morgan fingerprint density at radius 1 is 1.00 bits per heavy atom. The van der Waals surface area contributed by atoms with Crippen molar-refractivity contribution in [3.63, 3.8) is 0 Å². The number of fused-ring (bicyclic) bond motifs is 1. The molecule has 0 aliphatic rings. The van der Waals surface area contributed by atoms with E-state index in [9.17, 15) is 25.0 Å². The zero-order valence-corrected chi connectivity index (χ0v) is 11.4. The number of nitro benzene ring substituents is 2. The number of nitro groups is 2. The Balaban J connectivity index is 2.28. The first-order chi connectivity index (χ1) is 11.0. The minimum Gasteiger partial charge on any atom is -0.306 e. The van der Waals surface area contributed by atoms with Crippen LogP contribution in [0, 0.1) is 20.2 Å². The summed E-state index contributed by atoms with van der Waals surface area (Å²) in [5.41, 5.74) is -0.984. The first-order valence-corrected chi connectivity index (χ1v) is 6.39. The molecule has 1 heterocycles. The summed E-state index contributed by atoms with van der Waals surface area (Å²) >= 11 is 0. The van der Waals surface area contributed by atoms with Gasteiger partial charge >= 0.3 is 0 Å². The molecule has 0 amide bonds. The standard InChI is InChI=1S/C14H8N4O5/c19-14-9-3-1-2-4-11(9)15-13(16-14)10-6-5-8(17(20)21)7-12(10)18(22)23/h1-7H,(H,15,16,19). The van der Waals surface area contributed by atoms with Crippen LogP contribution in [-0.2, 0) is 0 Å². The van der Waals surface area contributed by atoms with Gasteiger partial charge in [-0.05, 0) is 18.2 Å². The van der Waals surface area contributed by atoms with Crippen LogP contribution < -0.4 is 5.56 Å². The molecule has 23 heavy (non-hydrogen) atoms. The molecule has 9 heteroatoms. The Labute approximate surface area is 127 Å². The number of nitrogens with zero attached hydrogens (tertiary/aromatic N) is 3. The molecule has 0 bridgehead atoms. The molecule has 0 saturated heterocycles. The van der Waals surface area contributed by atoms with Crippen LogP contribution in [0.5, 0.6) is 0 Å². The van der Waals surface area contributed by atoms with Crippen molar-refractivity contribution in [3.8, 4) is 11.4 Å². The van der Waals surface area contributed by atoms with E-state index in [2.05, 4.69) is 9.97 Å². The summed E-state index contributed by atoms with van der Waals surface area (Å²) < 4.78 is 0. The largest absolute Gasteiger partial charge is 0.306 e. The van der Waals surface area contributed by atoms with Crippen LogP contribution in [0.25, 0.3) is 22.3 Å². The molecular formula is C14H8N4O5. The maximum absolute atomic E-state index is 12.1. The average molecular weight is 312 g/mol. The Kier molecular flexibility index (Phi) is 3.30. The molecule has 114 valence electrons. The predicted molar refractivity (Wildman–Crippen MR) is 81.1 cm³/mol. The number of rotatable bonds is 3. The quantitative estimate of drug-likeness (QED) is 0.583. The van der Waals surface area contributed by atoms with E-state index in [4.69, 9.17) is 0 Å². The molecule has 0 aliphatic carbocycles. The van der Waals surface area contributed by atoms with Gasteiger partial charge in [0, 0.05) is 6.07 Å². The van der Waals surface area contributed by atoms with Crippen molar-refractivity contribution in [2.75, 3.05) is 0 Å². The molecule has 1 aromatic heterocycles. The van der Waals surface area contributed by atoms with E-state index >= 15 is 0 Å². The molecule has 0 radical (unpaired) electrons. The number of benzene rings is 2. The van der Waals surface area contributed by atoms with Crippen LogP contribution in [0.15, 0.2) is 47.3 Å². The maximum Gasteiger partial charge on any atom is 0.287 e. The molecule has 3 rings (SSSR count). The van der Waals surface area contributed by atoms with Crippen LogP contribution >= 0.6 is 0 Å². The van der Waals surface area contributed by atoms with E-state index in [1.807, 2.05) is 0 Å². The number of H-pyrrole nitrogens is 1. The lowest BCUT2D eigenvalue weighted by Crippen LogP contribution is -2.10. The fraction of sp³-hybridized carbons (Fsp3) is 0. The molecular weight excluding hydrogens is 304 g/mol. The topological polar surface area (TPSA) is 132 Å². The van der Waals surface area contributed by atoms with Crippen LogP contribution in [0.1, 0.15) is 0 Å². The molecule has 0 spiro atoms. The molecule has 3 aromatic rings. The van der Waals surface area contributed by atoms with E-state index in [0.29, 0.717) is 10.9 Å². The Morgan fingerprint density at radius 2 is 1.74 bits per heavy atom. The van der Waals surface area contributed by atoms with Gasteiger partial charge in [0.05, 0.1) is 32.4 Å². The second-order valence-corrected chi connectivity index (χ2v) is 4.65. The van der Waals surface area contributed by atoms with Gasteiger partial charge in [0.25, 0.3) is 16.9 Å². The zero-order valence-electron chi connectivity index (χ0n) is 11.4. The van der Waals surface area contributed by atoms with Crippen molar-refractivity contribution in [2.24, 2.45) is 0 Å². The number of nitrogens with one attached hydrogen (secondary N) is 1. The van der Waals surface area contributed by atoms with E-state index in [0.717, 1.165) is 12.1 Å². The number of aromatic amines is 1. The minimum absolute atomic E-state index is 0.00320. The summed E-state index contributed by atoms with van der Waals surface area (Å²) in [6, 6.07) is 9.70. The minimum atomic E-state index is -0.752. The van der Waals surface area contributed by atoms with Crippen LogP contribution in [0.4, 0.5) is 11.4 Å². The highest BCUT2D eigenvalue weighted by atomic mass is 16.6. The van der Waals surface area contributed by atoms with Gasteiger partial charge in [-0.1, -0.05) is 12.1 Å². The highest BCUT2D eigenvalue weighted by molar-refractivity contribution is 5.81. The molecule has 9 nitrogen and oxygen atoms in total. The van der Waals surface area contributed by atoms with Gasteiger partial charge in [-0.2, -0.15) is 0 Å². The highest BCUT2D eigenvalue weighted by Crippen LogP contribution is 2.31. The summed E-state index contributed by atoms with van der Waals surface area (Å²) in [6.07, 6.45) is 0. The summed E-state index contributed by atoms with van der Waals surface area (Å²) in [7, 11) is 0. The molecule has 0 saturated carbocycles. The molecule has 0 atom stereocenters. The fourth-order valence-electron chi connectivity index (χ4n) is 2.20. The predicted octanol–water partition coefficient (Wildman–Crippen LogP) is 2.41. The summed E-state index contributed by atoms with van der Waals surface area (Å²) in [5, 5.41) is 22.3. The Bertz CT molecular complexity index is 1010. The first kappa shape index (κ1) is 14.3. The average Bonchev–Trinajstić information content (AvgIpc) is 2.54. The first-order valence-electron chi connectivity index (χ1n) is 6.39. The number of hydrogen-bond acceptors (Lipinski definition) is 6. The third-order valence-corrected chi connectivity index (χ3v) is 3.26. The lowest BCUT2D eigenvalue weighted by atomic mass is 10.1. The van der Waals surface area contributed by atoms with Crippen LogP contribution in [-0.4, -0.2) is 19.8 Å². The van der Waals surface area contributed by atoms with Crippen molar-refractivity contribution in [1.29, 1.82) is 0 Å². The Hall–Kier alpha value is -3.62. The van der Waals surface area contributed by atoms with Gasteiger partial charge in [0.1, 0.15) is 5.82 Å². The number of para-hydroxylation sites is 1. The second-order valence-electron chi connectivity index (χ2n) is 4.65. The summed E-state index contributed by atoms with van der Waals surface area (Å²) in [6.45, 7) is 0. The third-order valence-electron chi connectivity index (χ3n) is 3.26. The van der Waals surface area contributed by atoms with Crippen molar-refractivity contribution >= 4 is 22.3 Å². The van der Waals surface area contributed by atoms with Crippen molar-refractivity contribution < 1.29 is 9.85 Å². The summed E-state index contributed by atoms with van der Waals surface area (Å²) in [4.78, 5) is 39.2. The number of aromatic nitrogens is 2. The SMILES string of the molecule is O=c1[nH]c(-c2ccc([N+](=O)[O-])cc2[N+](=O)[O-])nc2ccccc12. The third kappa shape index (κ3) is 2.50. The van der Waals surface area contributed by atoms with Gasteiger partial charge in [-0.3, -0.25) is 25.0 Å². The maximum atomic E-state index is 12.1. The lowest BCUT2D eigenvalue weighted by molar-refractivity contribution is -0.393. The Morgan fingerprint density at radius 3 is 2.43 bits per heavy atom. The fourth-order valence-corrected chi connectivity index (χ4v) is 2.20. The molecule has 1 N–H and O–H groups in total. The van der Waals surface area contributed by atoms with E-state index in [-0.39, 0.29) is 11.4 Å². The van der Waals surface area contributed by atoms with Gasteiger partial charge in [0.15, 0.2) is 0 Å². The zero-order chi connectivity index (χ0) is 16.6. The number of non-ortho nitro benzene ring substituents is 1. The monoisotopic (exact) mass is 312 g/mol. The molecule has 2 aromatic carbocycles. The normalized spacial score (nSPS) is 10.6. The highest BCUT2D eigenvalue weighted by Gasteiger charge is 2.22. The van der Waals surface area contributed by atoms with Crippen LogP contribution in [0.2, 0.25) is 0 Å². The van der Waals surface area contributed by atoms with Crippen molar-refractivity contribution in [1.82, 2.24) is 9.97 Å². The van der Waals surface area contributed by atoms with Gasteiger partial charge in [0.2, 0.25) is 0 Å². The van der Waals surface area contributed by atoms with Gasteiger partial charge < -0.3 is 4.98 Å². The number of hydrogen-bond donors (Lipinski definition) is 1. The van der Waals surface area contributed by atoms with E-state index in [1.54, 1.807) is 24.3 Å². The summed E-state index contributed by atoms with van der Waals surface area (Å²) in [5.74, 6) is -0.0182. The van der Waals surface area contributed by atoms with Gasteiger partial charge in [-0.25, -0.2) is 4.98 Å². The molecule has 0 unspecified atom stereocenters. The molecule has 0 aliphatic heterocycles. The van der Waals surface area contributed by atoms with Crippen molar-refractivity contribution in [2.45, 2.75) is 0 Å². The van der Waals surface area contributed by atoms with Crippen LogP contribution in [0.3, 0.4) is 0 Å². The lowest BCUT2D eigenvalue weighted by Gasteiger charge is -2.04.